The number of hydrogen-bond acceptors (Lipinski definition) is 4. The third-order valence-electron chi connectivity index (χ3n) is 1.97. The fourth-order valence-corrected chi connectivity index (χ4v) is 2.61. The summed E-state index contributed by atoms with van der Waals surface area (Å²) >= 11 is 0. The lowest BCUT2D eigenvalue weighted by atomic mass is 10.3. The molecule has 2 N–H and O–H groups in total. The summed E-state index contributed by atoms with van der Waals surface area (Å²) < 4.78 is 27.2. The predicted molar refractivity (Wildman–Crippen MR) is 54.7 cm³/mol. The molecule has 86 valence electrons. The Hall–Kier alpha value is -0.920. The van der Waals surface area contributed by atoms with Gasteiger partial charge in [-0.25, -0.2) is 13.1 Å². The Balaban J connectivity index is 2.81. The van der Waals surface area contributed by atoms with Gasteiger partial charge < -0.3 is 5.11 Å². The summed E-state index contributed by atoms with van der Waals surface area (Å²) in [6.07, 6.45) is 1.81. The lowest BCUT2D eigenvalue weighted by molar-refractivity contribution is 0.275. The third-order valence-corrected chi connectivity index (χ3v) is 3.63. The zero-order valence-corrected chi connectivity index (χ0v) is 9.53. The molecule has 0 aromatic carbocycles. The maximum Gasteiger partial charge on any atom is 0.257 e. The van der Waals surface area contributed by atoms with Crippen LogP contribution in [0.25, 0.3) is 0 Å². The summed E-state index contributed by atoms with van der Waals surface area (Å²) in [6, 6.07) is 1.13. The Labute approximate surface area is 89.0 Å². The van der Waals surface area contributed by atoms with Crippen LogP contribution in [-0.2, 0) is 17.1 Å². The summed E-state index contributed by atoms with van der Waals surface area (Å²) in [4.78, 5) is 0. The van der Waals surface area contributed by atoms with E-state index >= 15 is 0 Å². The van der Waals surface area contributed by atoms with Crippen molar-refractivity contribution in [1.82, 2.24) is 14.5 Å². The van der Waals surface area contributed by atoms with Gasteiger partial charge in [-0.3, -0.25) is 4.68 Å². The monoisotopic (exact) mass is 233 g/mol. The Morgan fingerprint density at radius 1 is 1.67 bits per heavy atom. The number of aromatic nitrogens is 2. The first-order valence-corrected chi connectivity index (χ1v) is 6.07. The standard InChI is InChI=1S/C8H15N3O3S/c1-7(4-6-12)10-15(13,14)8-3-5-9-11(8)2/h3,5,7,10,12H,4,6H2,1-2H3. The fraction of sp³-hybridized carbons (Fsp3) is 0.625. The van der Waals surface area contributed by atoms with E-state index < -0.39 is 10.0 Å². The van der Waals surface area contributed by atoms with E-state index in [1.165, 1.54) is 16.9 Å². The molecular formula is C8H15N3O3S. The molecule has 0 spiro atoms. The van der Waals surface area contributed by atoms with Gasteiger partial charge >= 0.3 is 0 Å². The van der Waals surface area contributed by atoms with Crippen LogP contribution in [0.1, 0.15) is 13.3 Å². The molecule has 0 aliphatic heterocycles. The zero-order valence-electron chi connectivity index (χ0n) is 8.71. The van der Waals surface area contributed by atoms with E-state index in [0.717, 1.165) is 0 Å². The summed E-state index contributed by atoms with van der Waals surface area (Å²) in [5.41, 5.74) is 0. The van der Waals surface area contributed by atoms with Gasteiger partial charge in [-0.1, -0.05) is 0 Å². The van der Waals surface area contributed by atoms with Gasteiger partial charge in [0.25, 0.3) is 10.0 Å². The van der Waals surface area contributed by atoms with Crippen molar-refractivity contribution in [1.29, 1.82) is 0 Å². The van der Waals surface area contributed by atoms with Gasteiger partial charge in [0.05, 0.1) is 6.20 Å². The minimum Gasteiger partial charge on any atom is -0.396 e. The lowest BCUT2D eigenvalue weighted by Crippen LogP contribution is -2.34. The Bertz CT molecular complexity index is 413. The van der Waals surface area contributed by atoms with E-state index in [1.807, 2.05) is 0 Å². The van der Waals surface area contributed by atoms with Gasteiger partial charge in [-0.05, 0) is 19.4 Å². The molecule has 0 fully saturated rings. The normalized spacial score (nSPS) is 14.1. The van der Waals surface area contributed by atoms with Crippen LogP contribution in [0, 0.1) is 0 Å². The highest BCUT2D eigenvalue weighted by Crippen LogP contribution is 2.07. The number of nitrogens with zero attached hydrogens (tertiary/aromatic N) is 2. The molecular weight excluding hydrogens is 218 g/mol. The number of aliphatic hydroxyl groups excluding tert-OH is 1. The molecule has 1 rings (SSSR count). The molecule has 0 saturated carbocycles. The van der Waals surface area contributed by atoms with Crippen LogP contribution < -0.4 is 4.72 Å². The Morgan fingerprint density at radius 3 is 2.80 bits per heavy atom. The van der Waals surface area contributed by atoms with Crippen molar-refractivity contribution in [3.05, 3.63) is 12.3 Å². The average Bonchev–Trinajstić information content (AvgIpc) is 2.51. The van der Waals surface area contributed by atoms with E-state index in [1.54, 1.807) is 14.0 Å². The van der Waals surface area contributed by atoms with Crippen molar-refractivity contribution >= 4 is 10.0 Å². The quantitative estimate of drug-likeness (QED) is 0.716. The van der Waals surface area contributed by atoms with Gasteiger partial charge in [0.1, 0.15) is 0 Å². The van der Waals surface area contributed by atoms with Crippen LogP contribution in [0.3, 0.4) is 0 Å². The molecule has 1 aromatic rings. The highest BCUT2D eigenvalue weighted by atomic mass is 32.2. The van der Waals surface area contributed by atoms with Crippen molar-refractivity contribution in [2.24, 2.45) is 7.05 Å². The van der Waals surface area contributed by atoms with Crippen molar-refractivity contribution in [2.45, 2.75) is 24.4 Å². The molecule has 0 aliphatic carbocycles. The van der Waals surface area contributed by atoms with Crippen LogP contribution in [0.5, 0.6) is 0 Å². The number of nitrogens with one attached hydrogen (secondary N) is 1. The van der Waals surface area contributed by atoms with E-state index in [-0.39, 0.29) is 17.7 Å². The molecule has 1 atom stereocenters. The molecule has 0 amide bonds. The highest BCUT2D eigenvalue weighted by Gasteiger charge is 2.19. The first-order chi connectivity index (χ1) is 6.97. The average molecular weight is 233 g/mol. The second-order valence-electron chi connectivity index (χ2n) is 3.33. The molecule has 1 aromatic heterocycles. The third kappa shape index (κ3) is 3.01. The minimum absolute atomic E-state index is 0.0466. The van der Waals surface area contributed by atoms with E-state index in [9.17, 15) is 8.42 Å². The number of hydrogen-bond donors (Lipinski definition) is 2. The smallest absolute Gasteiger partial charge is 0.257 e. The van der Waals surface area contributed by atoms with Crippen molar-refractivity contribution in [2.75, 3.05) is 6.61 Å². The lowest BCUT2D eigenvalue weighted by Gasteiger charge is -2.12. The van der Waals surface area contributed by atoms with E-state index in [4.69, 9.17) is 5.11 Å². The molecule has 15 heavy (non-hydrogen) atoms. The molecule has 0 radical (unpaired) electrons. The van der Waals surface area contributed by atoms with Crippen LogP contribution in [0.15, 0.2) is 17.3 Å². The summed E-state index contributed by atoms with van der Waals surface area (Å²) in [5.74, 6) is 0. The maximum absolute atomic E-state index is 11.7. The van der Waals surface area contributed by atoms with Crippen LogP contribution in [-0.4, -0.2) is 36.0 Å². The number of aliphatic hydroxyl groups is 1. The van der Waals surface area contributed by atoms with Crippen LogP contribution in [0.4, 0.5) is 0 Å². The largest absolute Gasteiger partial charge is 0.396 e. The van der Waals surface area contributed by atoms with Gasteiger partial charge in [-0.2, -0.15) is 5.10 Å². The van der Waals surface area contributed by atoms with E-state index in [2.05, 4.69) is 9.82 Å². The molecule has 0 saturated heterocycles. The zero-order chi connectivity index (χ0) is 11.5. The Morgan fingerprint density at radius 2 is 2.33 bits per heavy atom. The van der Waals surface area contributed by atoms with Crippen molar-refractivity contribution in [3.8, 4) is 0 Å². The first-order valence-electron chi connectivity index (χ1n) is 4.58. The van der Waals surface area contributed by atoms with Gasteiger partial charge in [0.15, 0.2) is 5.03 Å². The van der Waals surface area contributed by atoms with E-state index in [0.29, 0.717) is 6.42 Å². The molecule has 6 nitrogen and oxygen atoms in total. The number of sulfonamides is 1. The molecule has 0 bridgehead atoms. The van der Waals surface area contributed by atoms with Gasteiger partial charge in [0, 0.05) is 19.7 Å². The minimum atomic E-state index is -3.53. The topological polar surface area (TPSA) is 84.2 Å². The SMILES string of the molecule is CC(CCO)NS(=O)(=O)c1ccnn1C. The maximum atomic E-state index is 11.7. The molecule has 1 unspecified atom stereocenters. The van der Waals surface area contributed by atoms with Crippen LogP contribution >= 0.6 is 0 Å². The van der Waals surface area contributed by atoms with Crippen molar-refractivity contribution in [3.63, 3.8) is 0 Å². The predicted octanol–water partition coefficient (Wildman–Crippen LogP) is -0.531. The summed E-state index contributed by atoms with van der Waals surface area (Å²) in [6.45, 7) is 1.65. The van der Waals surface area contributed by atoms with Gasteiger partial charge in [-0.15, -0.1) is 0 Å². The Kier molecular flexibility index (Phi) is 3.83. The summed E-state index contributed by atoms with van der Waals surface area (Å²) in [5, 5.41) is 12.6. The molecule has 1 heterocycles. The van der Waals surface area contributed by atoms with Crippen molar-refractivity contribution < 1.29 is 13.5 Å². The molecule has 7 heteroatoms. The highest BCUT2D eigenvalue weighted by molar-refractivity contribution is 7.89. The summed E-state index contributed by atoms with van der Waals surface area (Å²) in [7, 11) is -1.97. The second-order valence-corrected chi connectivity index (χ2v) is 4.99. The van der Waals surface area contributed by atoms with Crippen LogP contribution in [0.2, 0.25) is 0 Å². The number of rotatable bonds is 5. The second kappa shape index (κ2) is 4.73. The van der Waals surface area contributed by atoms with Gasteiger partial charge in [0.2, 0.25) is 0 Å². The molecule has 0 aliphatic rings. The fourth-order valence-electron chi connectivity index (χ4n) is 1.20. The number of aryl methyl sites for hydroxylation is 1. The first kappa shape index (κ1) is 12.2.